The summed E-state index contributed by atoms with van der Waals surface area (Å²) in [6.45, 7) is 0.522. The average Bonchev–Trinajstić information content (AvgIpc) is 2.93. The fraction of sp³-hybridized carbons (Fsp3) is 0.444. The topological polar surface area (TPSA) is 46.3 Å². The van der Waals surface area contributed by atoms with Gasteiger partial charge in [0.25, 0.3) is 5.91 Å². The number of oxazole rings is 1. The molecule has 2 aliphatic rings. The van der Waals surface area contributed by atoms with Crippen LogP contribution in [0.1, 0.15) is 58.4 Å². The van der Waals surface area contributed by atoms with Crippen LogP contribution in [0.2, 0.25) is 0 Å². The number of amides is 1. The summed E-state index contributed by atoms with van der Waals surface area (Å²) in [5, 5.41) is 0. The van der Waals surface area contributed by atoms with Crippen molar-refractivity contribution in [2.75, 3.05) is 6.54 Å². The number of fused-ring (bicyclic) bond motifs is 1. The van der Waals surface area contributed by atoms with Crippen molar-refractivity contribution in [3.8, 4) is 0 Å². The van der Waals surface area contributed by atoms with E-state index in [1.54, 1.807) is 0 Å². The van der Waals surface area contributed by atoms with E-state index >= 15 is 0 Å². The van der Waals surface area contributed by atoms with Crippen molar-refractivity contribution in [3.05, 3.63) is 52.7 Å². The summed E-state index contributed by atoms with van der Waals surface area (Å²) in [6, 6.07) is 4.90. The van der Waals surface area contributed by atoms with Crippen LogP contribution in [0, 0.1) is 0 Å². The summed E-state index contributed by atoms with van der Waals surface area (Å²) in [6.07, 6.45) is -0.800. The van der Waals surface area contributed by atoms with E-state index in [-0.39, 0.29) is 12.1 Å². The Labute approximate surface area is 142 Å². The van der Waals surface area contributed by atoms with Crippen LogP contribution in [0.5, 0.6) is 0 Å². The van der Waals surface area contributed by atoms with Crippen LogP contribution in [0.25, 0.3) is 0 Å². The number of rotatable bonds is 2. The molecule has 1 aliphatic heterocycles. The number of aromatic nitrogens is 1. The first-order chi connectivity index (χ1) is 11.9. The molecule has 0 atom stereocenters. The van der Waals surface area contributed by atoms with Gasteiger partial charge in [-0.25, -0.2) is 4.98 Å². The summed E-state index contributed by atoms with van der Waals surface area (Å²) in [7, 11) is 0. The predicted molar refractivity (Wildman–Crippen MR) is 83.0 cm³/mol. The van der Waals surface area contributed by atoms with Gasteiger partial charge in [0.1, 0.15) is 11.5 Å². The highest BCUT2D eigenvalue weighted by Gasteiger charge is 2.37. The lowest BCUT2D eigenvalue weighted by Crippen LogP contribution is -2.36. The van der Waals surface area contributed by atoms with E-state index < -0.39 is 17.6 Å². The number of benzene rings is 1. The van der Waals surface area contributed by atoms with Crippen molar-refractivity contribution in [1.29, 1.82) is 0 Å². The summed E-state index contributed by atoms with van der Waals surface area (Å²) < 4.78 is 45.3. The number of carbonyl (C=O) groups excluding carboxylic acids is 1. The third-order valence-electron chi connectivity index (χ3n) is 4.95. The van der Waals surface area contributed by atoms with Gasteiger partial charge < -0.3 is 9.32 Å². The van der Waals surface area contributed by atoms with Crippen LogP contribution in [0.15, 0.2) is 28.7 Å². The summed E-state index contributed by atoms with van der Waals surface area (Å²) >= 11 is 0. The zero-order chi connectivity index (χ0) is 17.6. The standard InChI is InChI=1S/C18H17F3N2O2/c19-18(20,21)13-7-2-1-6-12(13)17(24)23-9-8-15-14(10-23)22-16(25-15)11-4-3-5-11/h1-2,6-7,11H,3-5,8-10H2. The monoisotopic (exact) mass is 350 g/mol. The number of hydrogen-bond acceptors (Lipinski definition) is 3. The molecule has 1 fully saturated rings. The van der Waals surface area contributed by atoms with Gasteiger partial charge in [0.2, 0.25) is 0 Å². The molecule has 132 valence electrons. The van der Waals surface area contributed by atoms with E-state index in [9.17, 15) is 18.0 Å². The molecule has 2 aromatic rings. The molecule has 0 N–H and O–H groups in total. The van der Waals surface area contributed by atoms with Crippen LogP contribution >= 0.6 is 0 Å². The van der Waals surface area contributed by atoms with Gasteiger partial charge in [-0.15, -0.1) is 0 Å². The molecule has 0 spiro atoms. The average molecular weight is 350 g/mol. The molecule has 1 aromatic carbocycles. The molecular formula is C18H17F3N2O2. The van der Waals surface area contributed by atoms with Gasteiger partial charge in [-0.05, 0) is 25.0 Å². The highest BCUT2D eigenvalue weighted by atomic mass is 19.4. The molecule has 25 heavy (non-hydrogen) atoms. The van der Waals surface area contributed by atoms with E-state index in [4.69, 9.17) is 4.42 Å². The lowest BCUT2D eigenvalue weighted by atomic mass is 9.85. The Hall–Kier alpha value is -2.31. The zero-order valence-electron chi connectivity index (χ0n) is 13.5. The van der Waals surface area contributed by atoms with E-state index in [2.05, 4.69) is 4.98 Å². The molecule has 4 rings (SSSR count). The smallest absolute Gasteiger partial charge is 0.417 e. The molecule has 0 bridgehead atoms. The quantitative estimate of drug-likeness (QED) is 0.817. The van der Waals surface area contributed by atoms with Crippen molar-refractivity contribution in [2.45, 2.75) is 44.3 Å². The minimum atomic E-state index is -4.56. The first kappa shape index (κ1) is 16.2. The zero-order valence-corrected chi connectivity index (χ0v) is 13.5. The van der Waals surface area contributed by atoms with Gasteiger partial charge in [-0.2, -0.15) is 13.2 Å². The molecule has 1 aliphatic carbocycles. The molecule has 0 unspecified atom stereocenters. The molecule has 1 saturated carbocycles. The van der Waals surface area contributed by atoms with Crippen molar-refractivity contribution >= 4 is 5.91 Å². The van der Waals surface area contributed by atoms with E-state index in [1.165, 1.54) is 23.1 Å². The fourth-order valence-corrected chi connectivity index (χ4v) is 3.31. The van der Waals surface area contributed by atoms with Crippen molar-refractivity contribution in [2.24, 2.45) is 0 Å². The molecule has 1 aromatic heterocycles. The Bertz CT molecular complexity index is 809. The van der Waals surface area contributed by atoms with Crippen molar-refractivity contribution in [1.82, 2.24) is 9.88 Å². The molecule has 4 nitrogen and oxygen atoms in total. The number of alkyl halides is 3. The van der Waals surface area contributed by atoms with Gasteiger partial charge in [-0.1, -0.05) is 18.6 Å². The third-order valence-corrected chi connectivity index (χ3v) is 4.95. The van der Waals surface area contributed by atoms with Crippen molar-refractivity contribution in [3.63, 3.8) is 0 Å². The second-order valence-electron chi connectivity index (χ2n) is 6.57. The normalized spacial score (nSPS) is 18.0. The highest BCUT2D eigenvalue weighted by Crippen LogP contribution is 2.38. The third kappa shape index (κ3) is 2.92. The largest absolute Gasteiger partial charge is 0.445 e. The Morgan fingerprint density at radius 2 is 2.00 bits per heavy atom. The Morgan fingerprint density at radius 3 is 2.68 bits per heavy atom. The fourth-order valence-electron chi connectivity index (χ4n) is 3.31. The maximum atomic E-state index is 13.2. The number of hydrogen-bond donors (Lipinski definition) is 0. The van der Waals surface area contributed by atoms with Crippen LogP contribution in [0.3, 0.4) is 0 Å². The van der Waals surface area contributed by atoms with Gasteiger partial charge in [0.15, 0.2) is 5.89 Å². The van der Waals surface area contributed by atoms with Crippen LogP contribution < -0.4 is 0 Å². The van der Waals surface area contributed by atoms with E-state index in [0.29, 0.717) is 30.5 Å². The van der Waals surface area contributed by atoms with Gasteiger partial charge in [-0.3, -0.25) is 4.79 Å². The minimum absolute atomic E-state index is 0.191. The number of halogens is 3. The maximum Gasteiger partial charge on any atom is 0.417 e. The maximum absolute atomic E-state index is 13.2. The summed E-state index contributed by atoms with van der Waals surface area (Å²) in [4.78, 5) is 18.6. The van der Waals surface area contributed by atoms with Gasteiger partial charge in [0.05, 0.1) is 17.7 Å². The van der Waals surface area contributed by atoms with Crippen LogP contribution in [-0.4, -0.2) is 22.3 Å². The Morgan fingerprint density at radius 1 is 1.24 bits per heavy atom. The van der Waals surface area contributed by atoms with E-state index in [1.807, 2.05) is 0 Å². The summed E-state index contributed by atoms with van der Waals surface area (Å²) in [5.41, 5.74) is -0.548. The molecule has 7 heteroatoms. The highest BCUT2D eigenvalue weighted by molar-refractivity contribution is 5.96. The van der Waals surface area contributed by atoms with Crippen LogP contribution in [0.4, 0.5) is 13.2 Å². The first-order valence-electron chi connectivity index (χ1n) is 8.37. The predicted octanol–water partition coefficient (Wildman–Crippen LogP) is 4.16. The second-order valence-corrected chi connectivity index (χ2v) is 6.57. The van der Waals surface area contributed by atoms with Gasteiger partial charge >= 0.3 is 6.18 Å². The first-order valence-corrected chi connectivity index (χ1v) is 8.37. The summed E-state index contributed by atoms with van der Waals surface area (Å²) in [5.74, 6) is 1.20. The van der Waals surface area contributed by atoms with E-state index in [0.717, 1.165) is 31.1 Å². The van der Waals surface area contributed by atoms with Gasteiger partial charge in [0, 0.05) is 18.9 Å². The molecule has 0 radical (unpaired) electrons. The van der Waals surface area contributed by atoms with Crippen LogP contribution in [-0.2, 0) is 19.1 Å². The molecular weight excluding hydrogens is 333 g/mol. The minimum Gasteiger partial charge on any atom is -0.445 e. The lowest BCUT2D eigenvalue weighted by Gasteiger charge is -2.26. The Kier molecular flexibility index (Phi) is 3.81. The second kappa shape index (κ2) is 5.89. The molecule has 2 heterocycles. The number of carbonyl (C=O) groups is 1. The number of nitrogens with zero attached hydrogens (tertiary/aromatic N) is 2. The molecule has 1 amide bonds. The van der Waals surface area contributed by atoms with Crippen molar-refractivity contribution < 1.29 is 22.4 Å². The SMILES string of the molecule is O=C(c1ccccc1C(F)(F)F)N1CCc2oc(C3CCC3)nc2C1. The lowest BCUT2D eigenvalue weighted by molar-refractivity contribution is -0.138. The Balaban J connectivity index is 1.57. The molecule has 0 saturated heterocycles.